The standard InChI is InChI=1S/C6H15NO3/c1-4-9-6(3)7(8)10-5-2/h6,8H,4-5H2,1-3H3. The first-order chi connectivity index (χ1) is 4.72. The maximum absolute atomic E-state index is 8.93. The molecular formula is C6H15NO3. The lowest BCUT2D eigenvalue weighted by Crippen LogP contribution is -2.32. The van der Waals surface area contributed by atoms with Gasteiger partial charge in [0.25, 0.3) is 0 Å². The van der Waals surface area contributed by atoms with Crippen molar-refractivity contribution in [2.45, 2.75) is 27.0 Å². The lowest BCUT2D eigenvalue weighted by molar-refractivity contribution is -0.396. The molecular weight excluding hydrogens is 134 g/mol. The molecule has 0 spiro atoms. The van der Waals surface area contributed by atoms with Crippen LogP contribution in [0.3, 0.4) is 0 Å². The van der Waals surface area contributed by atoms with Crippen molar-refractivity contribution in [2.75, 3.05) is 13.2 Å². The highest BCUT2D eigenvalue weighted by Gasteiger charge is 2.09. The molecule has 1 unspecified atom stereocenters. The minimum Gasteiger partial charge on any atom is -0.359 e. The van der Waals surface area contributed by atoms with Gasteiger partial charge in [0, 0.05) is 6.61 Å². The van der Waals surface area contributed by atoms with Crippen LogP contribution in [0.1, 0.15) is 20.8 Å². The number of rotatable bonds is 5. The van der Waals surface area contributed by atoms with Gasteiger partial charge in [0.15, 0.2) is 6.23 Å². The molecule has 0 heterocycles. The van der Waals surface area contributed by atoms with Gasteiger partial charge in [-0.1, -0.05) is 0 Å². The van der Waals surface area contributed by atoms with E-state index in [-0.39, 0.29) is 0 Å². The van der Waals surface area contributed by atoms with Gasteiger partial charge in [-0.2, -0.15) is 0 Å². The van der Waals surface area contributed by atoms with Crippen LogP contribution in [0.2, 0.25) is 0 Å². The van der Waals surface area contributed by atoms with E-state index in [1.54, 1.807) is 13.8 Å². The summed E-state index contributed by atoms with van der Waals surface area (Å²) in [6, 6.07) is 0. The van der Waals surface area contributed by atoms with E-state index in [4.69, 9.17) is 14.8 Å². The summed E-state index contributed by atoms with van der Waals surface area (Å²) in [5.41, 5.74) is 0. The maximum Gasteiger partial charge on any atom is 0.157 e. The Morgan fingerprint density at radius 2 is 2.00 bits per heavy atom. The first-order valence-electron chi connectivity index (χ1n) is 3.45. The second-order valence-corrected chi connectivity index (χ2v) is 1.77. The Labute approximate surface area is 61.3 Å². The predicted molar refractivity (Wildman–Crippen MR) is 36.3 cm³/mol. The zero-order valence-corrected chi connectivity index (χ0v) is 6.70. The molecule has 0 aliphatic carbocycles. The van der Waals surface area contributed by atoms with Gasteiger partial charge >= 0.3 is 0 Å². The summed E-state index contributed by atoms with van der Waals surface area (Å²) in [6.45, 7) is 6.36. The van der Waals surface area contributed by atoms with Crippen molar-refractivity contribution in [3.63, 3.8) is 0 Å². The highest BCUT2D eigenvalue weighted by Crippen LogP contribution is 1.96. The van der Waals surface area contributed by atoms with Gasteiger partial charge in [0.05, 0.1) is 6.61 Å². The largest absolute Gasteiger partial charge is 0.359 e. The topological polar surface area (TPSA) is 41.9 Å². The van der Waals surface area contributed by atoms with Crippen LogP contribution >= 0.6 is 0 Å². The Bertz CT molecular complexity index is 69.4. The second-order valence-electron chi connectivity index (χ2n) is 1.77. The van der Waals surface area contributed by atoms with E-state index in [2.05, 4.69) is 0 Å². The molecule has 1 atom stereocenters. The van der Waals surface area contributed by atoms with Gasteiger partial charge in [-0.15, -0.1) is 0 Å². The molecule has 0 aliphatic rings. The monoisotopic (exact) mass is 149 g/mol. The molecule has 0 saturated heterocycles. The maximum atomic E-state index is 8.93. The van der Waals surface area contributed by atoms with Crippen LogP contribution in [0.5, 0.6) is 0 Å². The van der Waals surface area contributed by atoms with Crippen molar-refractivity contribution < 1.29 is 14.8 Å². The molecule has 0 saturated carbocycles. The zero-order chi connectivity index (χ0) is 7.98. The highest BCUT2D eigenvalue weighted by molar-refractivity contribution is 4.31. The van der Waals surface area contributed by atoms with Crippen molar-refractivity contribution >= 4 is 0 Å². The van der Waals surface area contributed by atoms with E-state index >= 15 is 0 Å². The van der Waals surface area contributed by atoms with Gasteiger partial charge in [-0.3, -0.25) is 10.0 Å². The molecule has 0 fully saturated rings. The Morgan fingerprint density at radius 3 is 2.40 bits per heavy atom. The minimum absolute atomic E-state index is 0.398. The smallest absolute Gasteiger partial charge is 0.157 e. The molecule has 0 aromatic heterocycles. The number of hydrogen-bond acceptors (Lipinski definition) is 4. The third-order valence-electron chi connectivity index (χ3n) is 0.980. The summed E-state index contributed by atoms with van der Waals surface area (Å²) < 4.78 is 5.01. The van der Waals surface area contributed by atoms with Crippen LogP contribution in [0.15, 0.2) is 0 Å². The first kappa shape index (κ1) is 9.84. The molecule has 4 nitrogen and oxygen atoms in total. The molecule has 4 heteroatoms. The normalized spacial score (nSPS) is 14.1. The summed E-state index contributed by atoms with van der Waals surface area (Å²) in [5.74, 6) is 0. The van der Waals surface area contributed by atoms with E-state index in [0.717, 1.165) is 0 Å². The number of ether oxygens (including phenoxy) is 1. The molecule has 0 aromatic carbocycles. The van der Waals surface area contributed by atoms with Crippen LogP contribution in [0.25, 0.3) is 0 Å². The molecule has 0 aromatic rings. The van der Waals surface area contributed by atoms with Crippen molar-refractivity contribution in [1.82, 2.24) is 5.23 Å². The molecule has 0 bridgehead atoms. The van der Waals surface area contributed by atoms with Crippen molar-refractivity contribution in [3.8, 4) is 0 Å². The summed E-state index contributed by atoms with van der Waals surface area (Å²) in [6.07, 6.45) is -0.398. The Morgan fingerprint density at radius 1 is 1.40 bits per heavy atom. The van der Waals surface area contributed by atoms with Gasteiger partial charge in [-0.25, -0.2) is 0 Å². The van der Waals surface area contributed by atoms with Crippen LogP contribution in [0.4, 0.5) is 0 Å². The molecule has 1 N–H and O–H groups in total. The SMILES string of the molecule is CCOC(C)N(O)OCC. The van der Waals surface area contributed by atoms with Crippen molar-refractivity contribution in [2.24, 2.45) is 0 Å². The average molecular weight is 149 g/mol. The Kier molecular flexibility index (Phi) is 5.52. The lowest BCUT2D eigenvalue weighted by Gasteiger charge is -2.19. The van der Waals surface area contributed by atoms with E-state index < -0.39 is 6.23 Å². The first-order valence-corrected chi connectivity index (χ1v) is 3.45. The molecule has 0 aliphatic heterocycles. The van der Waals surface area contributed by atoms with Gasteiger partial charge in [0.1, 0.15) is 0 Å². The van der Waals surface area contributed by atoms with E-state index in [0.29, 0.717) is 18.4 Å². The summed E-state index contributed by atoms with van der Waals surface area (Å²) in [5, 5.41) is 9.65. The lowest BCUT2D eigenvalue weighted by atomic mass is 10.7. The summed E-state index contributed by atoms with van der Waals surface area (Å²) in [7, 11) is 0. The predicted octanol–water partition coefficient (Wildman–Crippen LogP) is 1.01. The summed E-state index contributed by atoms with van der Waals surface area (Å²) in [4.78, 5) is 4.72. The van der Waals surface area contributed by atoms with Crippen LogP contribution < -0.4 is 0 Å². The Balaban J connectivity index is 3.38. The molecule has 10 heavy (non-hydrogen) atoms. The number of nitrogens with zero attached hydrogens (tertiary/aromatic N) is 1. The number of hydrogen-bond donors (Lipinski definition) is 1. The minimum atomic E-state index is -0.398. The Hall–Kier alpha value is -0.160. The van der Waals surface area contributed by atoms with E-state index in [1.165, 1.54) is 0 Å². The third-order valence-corrected chi connectivity index (χ3v) is 0.980. The third kappa shape index (κ3) is 3.79. The quantitative estimate of drug-likeness (QED) is 0.468. The fraction of sp³-hybridized carbons (Fsp3) is 1.00. The van der Waals surface area contributed by atoms with Crippen LogP contribution in [0, 0.1) is 0 Å². The highest BCUT2D eigenvalue weighted by atomic mass is 16.9. The fourth-order valence-corrected chi connectivity index (χ4v) is 0.542. The summed E-state index contributed by atoms with van der Waals surface area (Å²) >= 11 is 0. The van der Waals surface area contributed by atoms with Gasteiger partial charge in [-0.05, 0) is 26.0 Å². The molecule has 0 rings (SSSR count). The molecule has 0 radical (unpaired) electrons. The van der Waals surface area contributed by atoms with Crippen LogP contribution in [-0.4, -0.2) is 29.9 Å². The molecule has 0 amide bonds. The number of hydroxylamine groups is 2. The van der Waals surface area contributed by atoms with Crippen molar-refractivity contribution in [1.29, 1.82) is 0 Å². The average Bonchev–Trinajstić information content (AvgIpc) is 1.89. The van der Waals surface area contributed by atoms with Gasteiger partial charge in [0.2, 0.25) is 0 Å². The van der Waals surface area contributed by atoms with E-state index in [1.807, 2.05) is 6.92 Å². The van der Waals surface area contributed by atoms with Crippen molar-refractivity contribution in [3.05, 3.63) is 0 Å². The fourth-order valence-electron chi connectivity index (χ4n) is 0.542. The van der Waals surface area contributed by atoms with E-state index in [9.17, 15) is 0 Å². The zero-order valence-electron chi connectivity index (χ0n) is 6.70. The van der Waals surface area contributed by atoms with Crippen LogP contribution in [-0.2, 0) is 9.57 Å². The molecule has 62 valence electrons. The van der Waals surface area contributed by atoms with Gasteiger partial charge < -0.3 is 4.74 Å². The second kappa shape index (κ2) is 5.61.